The Morgan fingerprint density at radius 3 is 2.64 bits per heavy atom. The van der Waals surface area contributed by atoms with Crippen LogP contribution in [0.4, 0.5) is 0 Å². The molecule has 0 amide bonds. The van der Waals surface area contributed by atoms with Gasteiger partial charge in [-0.05, 0) is 37.3 Å². The SMILES string of the molecule is CN=C(NCCOCCS(C)(=O)=O)NCc1ccc(C)cc1OCC1CC1.I. The highest BCUT2D eigenvalue weighted by Crippen LogP contribution is 2.30. The molecule has 0 aromatic heterocycles. The first-order chi connectivity index (χ1) is 12.9. The smallest absolute Gasteiger partial charge is 0.191 e. The summed E-state index contributed by atoms with van der Waals surface area (Å²) in [5.41, 5.74) is 2.27. The number of ether oxygens (including phenoxy) is 2. The summed E-state index contributed by atoms with van der Waals surface area (Å²) < 4.78 is 33.4. The number of rotatable bonds is 11. The van der Waals surface area contributed by atoms with Gasteiger partial charge in [0.15, 0.2) is 5.96 Å². The van der Waals surface area contributed by atoms with Crippen LogP contribution in [0.5, 0.6) is 5.75 Å². The standard InChI is InChI=1S/C19H31N3O4S.HI/c1-15-4-7-17(18(12-15)26-14-16-5-6-16)13-22-19(20-2)21-8-9-25-10-11-27(3,23)24;/h4,7,12,16H,5-6,8-11,13-14H2,1-3H3,(H2,20,21,22);1H. The number of sulfone groups is 1. The molecule has 0 atom stereocenters. The van der Waals surface area contributed by atoms with Crippen molar-refractivity contribution in [1.29, 1.82) is 0 Å². The molecule has 28 heavy (non-hydrogen) atoms. The molecule has 1 aromatic carbocycles. The van der Waals surface area contributed by atoms with Gasteiger partial charge in [-0.2, -0.15) is 0 Å². The molecule has 0 spiro atoms. The van der Waals surface area contributed by atoms with Crippen molar-refractivity contribution in [2.75, 3.05) is 45.4 Å². The first-order valence-electron chi connectivity index (χ1n) is 9.29. The van der Waals surface area contributed by atoms with E-state index in [2.05, 4.69) is 40.7 Å². The predicted molar refractivity (Wildman–Crippen MR) is 124 cm³/mol. The number of benzene rings is 1. The molecular formula is C19H32IN3O4S. The molecule has 0 bridgehead atoms. The highest BCUT2D eigenvalue weighted by Gasteiger charge is 2.22. The molecule has 0 unspecified atom stereocenters. The van der Waals surface area contributed by atoms with Crippen molar-refractivity contribution in [1.82, 2.24) is 10.6 Å². The zero-order valence-electron chi connectivity index (χ0n) is 16.9. The molecule has 7 nitrogen and oxygen atoms in total. The van der Waals surface area contributed by atoms with E-state index in [9.17, 15) is 8.42 Å². The van der Waals surface area contributed by atoms with Crippen LogP contribution < -0.4 is 15.4 Å². The Kier molecular flexibility index (Phi) is 11.1. The molecule has 0 heterocycles. The molecule has 0 aliphatic heterocycles. The van der Waals surface area contributed by atoms with Crippen molar-refractivity contribution in [2.45, 2.75) is 26.3 Å². The minimum atomic E-state index is -2.98. The number of hydrogen-bond donors (Lipinski definition) is 2. The van der Waals surface area contributed by atoms with Crippen LogP contribution in [0.1, 0.15) is 24.0 Å². The zero-order chi connectivity index (χ0) is 19.7. The minimum Gasteiger partial charge on any atom is -0.493 e. The van der Waals surface area contributed by atoms with Crippen molar-refractivity contribution in [2.24, 2.45) is 10.9 Å². The number of aryl methyl sites for hydroxylation is 1. The van der Waals surface area contributed by atoms with Gasteiger partial charge < -0.3 is 20.1 Å². The van der Waals surface area contributed by atoms with Crippen LogP contribution in [0.3, 0.4) is 0 Å². The second-order valence-corrected chi connectivity index (χ2v) is 9.22. The monoisotopic (exact) mass is 525 g/mol. The summed E-state index contributed by atoms with van der Waals surface area (Å²) in [6.07, 6.45) is 3.73. The Morgan fingerprint density at radius 2 is 2.00 bits per heavy atom. The van der Waals surface area contributed by atoms with Crippen LogP contribution in [0.2, 0.25) is 0 Å². The van der Waals surface area contributed by atoms with Crippen molar-refractivity contribution >= 4 is 39.8 Å². The Bertz CT molecular complexity index is 737. The van der Waals surface area contributed by atoms with Crippen molar-refractivity contribution in [3.63, 3.8) is 0 Å². The van der Waals surface area contributed by atoms with Crippen molar-refractivity contribution in [3.05, 3.63) is 29.3 Å². The largest absolute Gasteiger partial charge is 0.493 e. The topological polar surface area (TPSA) is 89.0 Å². The van der Waals surface area contributed by atoms with Gasteiger partial charge >= 0.3 is 0 Å². The van der Waals surface area contributed by atoms with Gasteiger partial charge in [-0.15, -0.1) is 24.0 Å². The van der Waals surface area contributed by atoms with Gasteiger partial charge in [-0.1, -0.05) is 12.1 Å². The van der Waals surface area contributed by atoms with Crippen LogP contribution >= 0.6 is 24.0 Å². The average molecular weight is 525 g/mol. The van der Waals surface area contributed by atoms with E-state index in [0.29, 0.717) is 31.6 Å². The Hall–Kier alpha value is -1.07. The molecule has 0 saturated heterocycles. The van der Waals surface area contributed by atoms with E-state index in [1.54, 1.807) is 7.05 Å². The van der Waals surface area contributed by atoms with Gasteiger partial charge in [0.05, 0.1) is 25.6 Å². The van der Waals surface area contributed by atoms with E-state index in [0.717, 1.165) is 17.9 Å². The van der Waals surface area contributed by atoms with Gasteiger partial charge in [0, 0.05) is 32.0 Å². The Labute approximate surface area is 185 Å². The summed E-state index contributed by atoms with van der Waals surface area (Å²) in [6, 6.07) is 6.23. The fraction of sp³-hybridized carbons (Fsp3) is 0.632. The van der Waals surface area contributed by atoms with Crippen LogP contribution in [0, 0.1) is 12.8 Å². The summed E-state index contributed by atoms with van der Waals surface area (Å²) >= 11 is 0. The normalized spacial score (nSPS) is 14.3. The number of hydrogen-bond acceptors (Lipinski definition) is 5. The Balaban J connectivity index is 0.00000392. The predicted octanol–water partition coefficient (Wildman–Crippen LogP) is 2.13. The molecule has 1 fully saturated rings. The maximum absolute atomic E-state index is 11.0. The van der Waals surface area contributed by atoms with Gasteiger partial charge in [-0.3, -0.25) is 4.99 Å². The van der Waals surface area contributed by atoms with Crippen molar-refractivity contribution < 1.29 is 17.9 Å². The molecule has 2 N–H and O–H groups in total. The molecule has 0 radical (unpaired) electrons. The van der Waals surface area contributed by atoms with E-state index in [-0.39, 0.29) is 36.3 Å². The Morgan fingerprint density at radius 1 is 1.25 bits per heavy atom. The van der Waals surface area contributed by atoms with Gasteiger partial charge in [0.1, 0.15) is 15.6 Å². The molecular weight excluding hydrogens is 493 g/mol. The van der Waals surface area contributed by atoms with E-state index in [4.69, 9.17) is 9.47 Å². The number of aliphatic imine (C=N–C) groups is 1. The van der Waals surface area contributed by atoms with Crippen LogP contribution in [-0.2, 0) is 21.1 Å². The third kappa shape index (κ3) is 10.5. The van der Waals surface area contributed by atoms with Crippen LogP contribution in [0.15, 0.2) is 23.2 Å². The number of halogens is 1. The third-order valence-corrected chi connectivity index (χ3v) is 5.11. The summed E-state index contributed by atoms with van der Waals surface area (Å²) in [7, 11) is -1.27. The fourth-order valence-corrected chi connectivity index (χ4v) is 2.81. The van der Waals surface area contributed by atoms with Gasteiger partial charge in [-0.25, -0.2) is 8.42 Å². The van der Waals surface area contributed by atoms with E-state index >= 15 is 0 Å². The van der Waals surface area contributed by atoms with Gasteiger partial charge in [0.2, 0.25) is 0 Å². The summed E-state index contributed by atoms with van der Waals surface area (Å²) in [4.78, 5) is 4.19. The quantitative estimate of drug-likeness (QED) is 0.199. The first kappa shape index (κ1) is 25.0. The molecule has 160 valence electrons. The summed E-state index contributed by atoms with van der Waals surface area (Å²) in [5.74, 6) is 2.34. The maximum Gasteiger partial charge on any atom is 0.191 e. The average Bonchev–Trinajstić information content (AvgIpc) is 3.43. The van der Waals surface area contributed by atoms with Gasteiger partial charge in [0.25, 0.3) is 0 Å². The van der Waals surface area contributed by atoms with E-state index in [1.165, 1.54) is 24.7 Å². The first-order valence-corrected chi connectivity index (χ1v) is 11.4. The van der Waals surface area contributed by atoms with Crippen LogP contribution in [-0.4, -0.2) is 59.8 Å². The highest BCUT2D eigenvalue weighted by molar-refractivity contribution is 14.0. The molecule has 1 aliphatic carbocycles. The maximum atomic E-state index is 11.0. The lowest BCUT2D eigenvalue weighted by molar-refractivity contribution is 0.154. The molecule has 1 aromatic rings. The van der Waals surface area contributed by atoms with E-state index < -0.39 is 9.84 Å². The molecule has 9 heteroatoms. The second kappa shape index (κ2) is 12.5. The highest BCUT2D eigenvalue weighted by atomic mass is 127. The number of nitrogens with one attached hydrogen (secondary N) is 2. The number of guanidine groups is 1. The summed E-state index contributed by atoms with van der Waals surface area (Å²) in [6.45, 7) is 4.62. The zero-order valence-corrected chi connectivity index (χ0v) is 20.0. The van der Waals surface area contributed by atoms with Crippen molar-refractivity contribution in [3.8, 4) is 5.75 Å². The number of nitrogens with zero attached hydrogens (tertiary/aromatic N) is 1. The third-order valence-electron chi connectivity index (χ3n) is 4.20. The molecule has 2 rings (SSSR count). The second-order valence-electron chi connectivity index (χ2n) is 6.96. The minimum absolute atomic E-state index is 0. The fourth-order valence-electron chi connectivity index (χ4n) is 2.39. The molecule has 1 aliphatic rings. The summed E-state index contributed by atoms with van der Waals surface area (Å²) in [5, 5.41) is 6.42. The molecule has 1 saturated carbocycles. The lowest BCUT2D eigenvalue weighted by Crippen LogP contribution is -2.38. The lowest BCUT2D eigenvalue weighted by Gasteiger charge is -2.15. The lowest BCUT2D eigenvalue weighted by atomic mass is 10.1. The van der Waals surface area contributed by atoms with Crippen LogP contribution in [0.25, 0.3) is 0 Å². The van der Waals surface area contributed by atoms with E-state index in [1.807, 2.05) is 0 Å².